The van der Waals surface area contributed by atoms with Crippen LogP contribution in [0.1, 0.15) is 33.4 Å². The van der Waals surface area contributed by atoms with Gasteiger partial charge in [0.25, 0.3) is 0 Å². The lowest BCUT2D eigenvalue weighted by atomic mass is 9.85. The van der Waals surface area contributed by atoms with Crippen LogP contribution in [0.2, 0.25) is 0 Å². The van der Waals surface area contributed by atoms with Gasteiger partial charge in [-0.25, -0.2) is 0 Å². The van der Waals surface area contributed by atoms with Crippen molar-refractivity contribution in [2.45, 2.75) is 13.8 Å². The maximum atomic E-state index is 5.41. The van der Waals surface area contributed by atoms with Gasteiger partial charge in [-0.15, -0.1) is 0 Å². The Kier molecular flexibility index (Phi) is 6.42. The largest absolute Gasteiger partial charge is 0.497 e. The first-order chi connectivity index (χ1) is 15.6. The second kappa shape index (κ2) is 9.57. The molecule has 0 atom stereocenters. The number of methoxy groups -OCH3 is 2. The molecule has 2 heteroatoms. The highest BCUT2D eigenvalue weighted by Crippen LogP contribution is 2.38. The third-order valence-corrected chi connectivity index (χ3v) is 5.69. The molecule has 0 radical (unpaired) electrons. The van der Waals surface area contributed by atoms with E-state index < -0.39 is 0 Å². The first-order valence-electron chi connectivity index (χ1n) is 10.8. The summed E-state index contributed by atoms with van der Waals surface area (Å²) in [7, 11) is 3.39. The van der Waals surface area contributed by atoms with Crippen LogP contribution in [0.15, 0.2) is 97.1 Å². The molecular formula is C30H28O2. The van der Waals surface area contributed by atoms with E-state index in [1.54, 1.807) is 14.2 Å². The van der Waals surface area contributed by atoms with E-state index in [9.17, 15) is 0 Å². The molecule has 32 heavy (non-hydrogen) atoms. The Hall–Kier alpha value is -3.78. The van der Waals surface area contributed by atoms with Crippen molar-refractivity contribution in [3.63, 3.8) is 0 Å². The van der Waals surface area contributed by atoms with Crippen LogP contribution < -0.4 is 9.47 Å². The van der Waals surface area contributed by atoms with Crippen molar-refractivity contribution in [2.24, 2.45) is 0 Å². The molecule has 0 aliphatic carbocycles. The van der Waals surface area contributed by atoms with Gasteiger partial charge in [0.2, 0.25) is 0 Å². The second-order valence-corrected chi connectivity index (χ2v) is 7.94. The van der Waals surface area contributed by atoms with Gasteiger partial charge in [0, 0.05) is 0 Å². The Morgan fingerprint density at radius 1 is 0.406 bits per heavy atom. The molecule has 4 aromatic carbocycles. The van der Waals surface area contributed by atoms with E-state index in [1.165, 1.54) is 33.4 Å². The fraction of sp³-hybridized carbons (Fsp3) is 0.133. The molecule has 0 spiro atoms. The van der Waals surface area contributed by atoms with Crippen LogP contribution in [0.4, 0.5) is 0 Å². The third kappa shape index (κ3) is 4.60. The lowest BCUT2D eigenvalue weighted by Gasteiger charge is -2.19. The average molecular weight is 421 g/mol. The highest BCUT2D eigenvalue weighted by Gasteiger charge is 2.16. The summed E-state index contributed by atoms with van der Waals surface area (Å²) >= 11 is 0. The van der Waals surface area contributed by atoms with Crippen molar-refractivity contribution in [1.29, 1.82) is 0 Å². The molecule has 0 fully saturated rings. The number of hydrogen-bond donors (Lipinski definition) is 0. The van der Waals surface area contributed by atoms with E-state index in [0.717, 1.165) is 22.6 Å². The van der Waals surface area contributed by atoms with Crippen molar-refractivity contribution in [1.82, 2.24) is 0 Å². The van der Waals surface area contributed by atoms with Crippen molar-refractivity contribution in [3.8, 4) is 11.5 Å². The fourth-order valence-electron chi connectivity index (χ4n) is 3.87. The zero-order chi connectivity index (χ0) is 22.5. The van der Waals surface area contributed by atoms with E-state index >= 15 is 0 Å². The molecule has 0 amide bonds. The Balaban J connectivity index is 2.04. The molecule has 2 nitrogen and oxygen atoms in total. The third-order valence-electron chi connectivity index (χ3n) is 5.69. The Morgan fingerprint density at radius 2 is 0.656 bits per heavy atom. The van der Waals surface area contributed by atoms with Gasteiger partial charge in [-0.1, -0.05) is 83.9 Å². The molecule has 0 aromatic heterocycles. The number of ether oxygens (including phenoxy) is 2. The zero-order valence-electron chi connectivity index (χ0n) is 19.1. The average Bonchev–Trinajstić information content (AvgIpc) is 2.84. The second-order valence-electron chi connectivity index (χ2n) is 7.94. The summed E-state index contributed by atoms with van der Waals surface area (Å²) in [5, 5.41) is 0. The number of benzene rings is 4. The highest BCUT2D eigenvalue weighted by atomic mass is 16.5. The fourth-order valence-corrected chi connectivity index (χ4v) is 3.87. The molecule has 160 valence electrons. The molecule has 4 rings (SSSR count). The molecular weight excluding hydrogens is 392 g/mol. The maximum Gasteiger partial charge on any atom is 0.118 e. The van der Waals surface area contributed by atoms with Crippen LogP contribution >= 0.6 is 0 Å². The van der Waals surface area contributed by atoms with Crippen LogP contribution in [-0.2, 0) is 0 Å². The molecule has 0 aliphatic heterocycles. The molecule has 0 aliphatic rings. The van der Waals surface area contributed by atoms with Gasteiger partial charge in [-0.05, 0) is 71.5 Å². The smallest absolute Gasteiger partial charge is 0.118 e. The molecule has 0 saturated carbocycles. The van der Waals surface area contributed by atoms with E-state index in [0.29, 0.717) is 0 Å². The summed E-state index contributed by atoms with van der Waals surface area (Å²) in [4.78, 5) is 0. The first-order valence-corrected chi connectivity index (χ1v) is 10.8. The quantitative estimate of drug-likeness (QED) is 0.304. The normalized spacial score (nSPS) is 11.6. The topological polar surface area (TPSA) is 18.5 Å². The minimum atomic E-state index is 0.846. The van der Waals surface area contributed by atoms with E-state index in [2.05, 4.69) is 86.6 Å². The van der Waals surface area contributed by atoms with Crippen molar-refractivity contribution in [3.05, 3.63) is 130 Å². The minimum absolute atomic E-state index is 0.846. The first kappa shape index (κ1) is 21.5. The van der Waals surface area contributed by atoms with E-state index in [4.69, 9.17) is 9.47 Å². The maximum absolute atomic E-state index is 5.41. The standard InChI is InChI=1S/C30H28O2/c1-21-5-9-23(10-6-21)29(25-13-17-27(31-3)18-14-25)30(24-11-7-22(2)8-12-24)26-15-19-28(32-4)20-16-26/h5-20H,1-4H3/b30-29+. The molecule has 0 bridgehead atoms. The van der Waals surface area contributed by atoms with Gasteiger partial charge in [0.05, 0.1) is 14.2 Å². The van der Waals surface area contributed by atoms with Gasteiger partial charge in [-0.2, -0.15) is 0 Å². The molecule has 0 saturated heterocycles. The molecule has 0 N–H and O–H groups in total. The van der Waals surface area contributed by atoms with E-state index in [1.807, 2.05) is 24.3 Å². The van der Waals surface area contributed by atoms with Crippen molar-refractivity contribution in [2.75, 3.05) is 14.2 Å². The lowest BCUT2D eigenvalue weighted by molar-refractivity contribution is 0.414. The lowest BCUT2D eigenvalue weighted by Crippen LogP contribution is -1.98. The minimum Gasteiger partial charge on any atom is -0.497 e. The van der Waals surface area contributed by atoms with Crippen molar-refractivity contribution < 1.29 is 9.47 Å². The number of hydrogen-bond acceptors (Lipinski definition) is 2. The summed E-state index contributed by atoms with van der Waals surface area (Å²) in [6.07, 6.45) is 0. The summed E-state index contributed by atoms with van der Waals surface area (Å²) in [5.74, 6) is 1.69. The highest BCUT2D eigenvalue weighted by molar-refractivity contribution is 6.04. The summed E-state index contributed by atoms with van der Waals surface area (Å²) in [5.41, 5.74) is 9.47. The van der Waals surface area contributed by atoms with Crippen LogP contribution in [0.3, 0.4) is 0 Å². The van der Waals surface area contributed by atoms with Crippen LogP contribution in [0.5, 0.6) is 11.5 Å². The zero-order valence-corrected chi connectivity index (χ0v) is 19.1. The van der Waals surface area contributed by atoms with E-state index in [-0.39, 0.29) is 0 Å². The molecule has 0 unspecified atom stereocenters. The Morgan fingerprint density at radius 3 is 0.906 bits per heavy atom. The monoisotopic (exact) mass is 420 g/mol. The van der Waals surface area contributed by atoms with Gasteiger partial charge in [0.1, 0.15) is 11.5 Å². The van der Waals surface area contributed by atoms with Gasteiger partial charge in [0.15, 0.2) is 0 Å². The molecule has 4 aromatic rings. The Labute approximate surface area is 190 Å². The Bertz CT molecular complexity index is 1100. The summed E-state index contributed by atoms with van der Waals surface area (Å²) in [6.45, 7) is 4.23. The SMILES string of the molecule is COc1ccc(/C(=C(\c2ccc(C)cc2)c2ccc(OC)cc2)c2ccc(C)cc2)cc1. The van der Waals surface area contributed by atoms with Crippen molar-refractivity contribution >= 4 is 11.1 Å². The number of aryl methyl sites for hydroxylation is 2. The van der Waals surface area contributed by atoms with Gasteiger partial charge in [-0.3, -0.25) is 0 Å². The van der Waals surface area contributed by atoms with Crippen LogP contribution in [0.25, 0.3) is 11.1 Å². The van der Waals surface area contributed by atoms with Gasteiger partial charge < -0.3 is 9.47 Å². The summed E-state index contributed by atoms with van der Waals surface area (Å²) < 4.78 is 10.8. The predicted molar refractivity (Wildman–Crippen MR) is 133 cm³/mol. The van der Waals surface area contributed by atoms with Gasteiger partial charge >= 0.3 is 0 Å². The number of rotatable bonds is 6. The predicted octanol–water partition coefficient (Wildman–Crippen LogP) is 7.33. The molecule has 0 heterocycles. The summed E-state index contributed by atoms with van der Waals surface area (Å²) in [6, 6.07) is 34.1. The van der Waals surface area contributed by atoms with Crippen LogP contribution in [0, 0.1) is 13.8 Å². The van der Waals surface area contributed by atoms with Crippen LogP contribution in [-0.4, -0.2) is 14.2 Å².